The fraction of sp³-hybridized carbons (Fsp3) is 0.238. The molecule has 1 aliphatic rings. The van der Waals surface area contributed by atoms with Crippen LogP contribution in [0.5, 0.6) is 0 Å². The Bertz CT molecular complexity index is 1210. The van der Waals surface area contributed by atoms with Gasteiger partial charge in [0, 0.05) is 37.1 Å². The number of pyridine rings is 1. The molecule has 3 N–H and O–H groups in total. The minimum Gasteiger partial charge on any atom is -0.391 e. The molecule has 0 saturated carbocycles. The van der Waals surface area contributed by atoms with Crippen molar-refractivity contribution in [3.63, 3.8) is 0 Å². The van der Waals surface area contributed by atoms with Gasteiger partial charge in [-0.2, -0.15) is 18.2 Å². The van der Waals surface area contributed by atoms with Crippen LogP contribution in [0.2, 0.25) is 10.0 Å². The predicted octanol–water partition coefficient (Wildman–Crippen LogP) is 4.76. The lowest BCUT2D eigenvalue weighted by Crippen LogP contribution is -2.25. The smallest absolute Gasteiger partial charge is 0.391 e. The van der Waals surface area contributed by atoms with Crippen LogP contribution in [-0.4, -0.2) is 45.2 Å². The molecule has 3 heterocycles. The lowest BCUT2D eigenvalue weighted by molar-refractivity contribution is -0.141. The van der Waals surface area contributed by atoms with Gasteiger partial charge in [0.05, 0.1) is 21.7 Å². The van der Waals surface area contributed by atoms with E-state index in [1.54, 1.807) is 6.07 Å². The summed E-state index contributed by atoms with van der Waals surface area (Å²) in [6, 6.07) is 8.30. The van der Waals surface area contributed by atoms with Gasteiger partial charge in [0.1, 0.15) is 11.6 Å². The highest BCUT2D eigenvalue weighted by Gasteiger charge is 2.35. The van der Waals surface area contributed by atoms with Crippen molar-refractivity contribution >= 4 is 52.4 Å². The van der Waals surface area contributed by atoms with Crippen LogP contribution in [0.1, 0.15) is 22.5 Å². The number of aromatic nitrogens is 3. The molecule has 178 valence electrons. The molecule has 3 aromatic rings. The fourth-order valence-corrected chi connectivity index (χ4v) is 3.89. The quantitative estimate of drug-likeness (QED) is 0.452. The van der Waals surface area contributed by atoms with E-state index in [4.69, 9.17) is 23.2 Å². The number of aliphatic hydroxyl groups excluding tert-OH is 1. The summed E-state index contributed by atoms with van der Waals surface area (Å²) in [5.41, 5.74) is -0.758. The highest BCUT2D eigenvalue weighted by Crippen LogP contribution is 2.32. The van der Waals surface area contributed by atoms with E-state index in [2.05, 4.69) is 25.6 Å². The summed E-state index contributed by atoms with van der Waals surface area (Å²) in [6.45, 7) is 0.456. The van der Waals surface area contributed by atoms with Crippen molar-refractivity contribution < 1.29 is 23.1 Å². The minimum absolute atomic E-state index is 0.0835. The van der Waals surface area contributed by atoms with E-state index in [0.29, 0.717) is 18.7 Å². The van der Waals surface area contributed by atoms with Crippen LogP contribution < -0.4 is 15.5 Å². The molecular weight excluding hydrogens is 496 g/mol. The Kier molecular flexibility index (Phi) is 6.78. The van der Waals surface area contributed by atoms with Crippen LogP contribution in [0.15, 0.2) is 42.6 Å². The molecule has 1 atom stereocenters. The Morgan fingerprint density at radius 3 is 2.50 bits per heavy atom. The summed E-state index contributed by atoms with van der Waals surface area (Å²) in [6.07, 6.45) is -3.61. The molecule has 0 aliphatic carbocycles. The van der Waals surface area contributed by atoms with Gasteiger partial charge < -0.3 is 20.6 Å². The first-order chi connectivity index (χ1) is 16.1. The van der Waals surface area contributed by atoms with Crippen molar-refractivity contribution in [1.29, 1.82) is 0 Å². The number of nitrogens with one attached hydrogen (secondary N) is 2. The number of hydrogen-bond donors (Lipinski definition) is 3. The first kappa shape index (κ1) is 24.0. The van der Waals surface area contributed by atoms with Crippen LogP contribution in [-0.2, 0) is 6.18 Å². The van der Waals surface area contributed by atoms with E-state index in [-0.39, 0.29) is 39.7 Å². The third-order valence-corrected chi connectivity index (χ3v) is 5.54. The maximum Gasteiger partial charge on any atom is 0.433 e. The number of benzene rings is 1. The standard InChI is InChI=1S/C21H17Cl2F3N6O2/c22-13-2-1-3-14(23)18(13)19(34)28-11-4-6-27-16(8-11)30-17-9-15(21(24,25)26)29-20(31-17)32-7-5-12(33)10-32/h1-4,6,8-9,12,33H,5,7,10H2,(H2,27,28,29,30,31,34). The highest BCUT2D eigenvalue weighted by atomic mass is 35.5. The van der Waals surface area contributed by atoms with Gasteiger partial charge in [-0.1, -0.05) is 29.3 Å². The van der Waals surface area contributed by atoms with Gasteiger partial charge in [0.25, 0.3) is 5.91 Å². The average Bonchev–Trinajstić information content (AvgIpc) is 3.19. The van der Waals surface area contributed by atoms with Crippen LogP contribution in [0.4, 0.5) is 36.4 Å². The topological polar surface area (TPSA) is 103 Å². The maximum atomic E-state index is 13.4. The van der Waals surface area contributed by atoms with Gasteiger partial charge >= 0.3 is 6.18 Å². The molecule has 1 fully saturated rings. The van der Waals surface area contributed by atoms with E-state index < -0.39 is 23.9 Å². The molecular formula is C21H17Cl2F3N6O2. The van der Waals surface area contributed by atoms with Gasteiger partial charge in [-0.3, -0.25) is 4.79 Å². The van der Waals surface area contributed by atoms with Crippen molar-refractivity contribution in [3.05, 3.63) is 63.9 Å². The van der Waals surface area contributed by atoms with Crippen LogP contribution in [0, 0.1) is 0 Å². The molecule has 0 spiro atoms. The molecule has 4 rings (SSSR count). The second-order valence-corrected chi connectivity index (χ2v) is 8.24. The zero-order chi connectivity index (χ0) is 24.5. The second kappa shape index (κ2) is 9.61. The van der Waals surface area contributed by atoms with Gasteiger partial charge in [-0.15, -0.1) is 0 Å². The number of β-amino-alcohol motifs (C(OH)–C–C–N with tert-alkyl or cyclic N) is 1. The Balaban J connectivity index is 1.58. The van der Waals surface area contributed by atoms with Gasteiger partial charge in [0.15, 0.2) is 5.69 Å². The monoisotopic (exact) mass is 512 g/mol. The lowest BCUT2D eigenvalue weighted by atomic mass is 10.2. The van der Waals surface area contributed by atoms with Crippen molar-refractivity contribution in [3.8, 4) is 0 Å². The van der Waals surface area contributed by atoms with E-state index in [9.17, 15) is 23.1 Å². The third kappa shape index (κ3) is 5.49. The summed E-state index contributed by atoms with van der Waals surface area (Å²) < 4.78 is 40.2. The minimum atomic E-state index is -4.70. The van der Waals surface area contributed by atoms with Crippen molar-refractivity contribution in [2.75, 3.05) is 28.6 Å². The zero-order valence-corrected chi connectivity index (χ0v) is 18.8. The largest absolute Gasteiger partial charge is 0.433 e. The number of rotatable bonds is 5. The molecule has 1 amide bonds. The molecule has 1 aromatic carbocycles. The number of aliphatic hydroxyl groups is 1. The molecule has 2 aromatic heterocycles. The van der Waals surface area contributed by atoms with Crippen molar-refractivity contribution in [2.45, 2.75) is 18.7 Å². The molecule has 1 saturated heterocycles. The number of alkyl halides is 3. The molecule has 34 heavy (non-hydrogen) atoms. The summed E-state index contributed by atoms with van der Waals surface area (Å²) >= 11 is 12.1. The summed E-state index contributed by atoms with van der Waals surface area (Å²) in [5, 5.41) is 15.4. The molecule has 13 heteroatoms. The normalized spacial score (nSPS) is 15.9. The number of carbonyl (C=O) groups excluding carboxylic acids is 1. The van der Waals surface area contributed by atoms with E-state index >= 15 is 0 Å². The summed E-state index contributed by atoms with van der Waals surface area (Å²) in [5.74, 6) is -0.748. The Hall–Kier alpha value is -3.15. The number of hydrogen-bond acceptors (Lipinski definition) is 7. The van der Waals surface area contributed by atoms with Crippen LogP contribution in [0.25, 0.3) is 0 Å². The maximum absolute atomic E-state index is 13.4. The Labute approximate surface area is 201 Å². The Morgan fingerprint density at radius 1 is 1.12 bits per heavy atom. The number of halogens is 5. The fourth-order valence-electron chi connectivity index (χ4n) is 3.32. The van der Waals surface area contributed by atoms with Crippen LogP contribution in [0.3, 0.4) is 0 Å². The number of anilines is 4. The van der Waals surface area contributed by atoms with E-state index in [1.165, 1.54) is 35.4 Å². The summed E-state index contributed by atoms with van der Waals surface area (Å²) in [4.78, 5) is 25.9. The first-order valence-electron chi connectivity index (χ1n) is 9.98. The number of carbonyl (C=O) groups is 1. The van der Waals surface area contributed by atoms with Crippen LogP contribution >= 0.6 is 23.2 Å². The van der Waals surface area contributed by atoms with E-state index in [1.807, 2.05) is 0 Å². The molecule has 0 radical (unpaired) electrons. The van der Waals surface area contributed by atoms with Gasteiger partial charge in [-0.05, 0) is 24.6 Å². The molecule has 0 bridgehead atoms. The zero-order valence-electron chi connectivity index (χ0n) is 17.3. The van der Waals surface area contributed by atoms with Crippen molar-refractivity contribution in [2.24, 2.45) is 0 Å². The molecule has 8 nitrogen and oxygen atoms in total. The summed E-state index contributed by atoms with van der Waals surface area (Å²) in [7, 11) is 0. The highest BCUT2D eigenvalue weighted by molar-refractivity contribution is 6.40. The predicted molar refractivity (Wildman–Crippen MR) is 122 cm³/mol. The lowest BCUT2D eigenvalue weighted by Gasteiger charge is -2.18. The molecule has 1 aliphatic heterocycles. The van der Waals surface area contributed by atoms with Crippen molar-refractivity contribution in [1.82, 2.24) is 15.0 Å². The number of amides is 1. The SMILES string of the molecule is O=C(Nc1ccnc(Nc2cc(C(F)(F)F)nc(N3CCC(O)C3)n2)c1)c1c(Cl)cccc1Cl. The molecule has 1 unspecified atom stereocenters. The van der Waals surface area contributed by atoms with Gasteiger partial charge in [-0.25, -0.2) is 9.97 Å². The second-order valence-electron chi connectivity index (χ2n) is 7.43. The third-order valence-electron chi connectivity index (χ3n) is 4.91. The van der Waals surface area contributed by atoms with E-state index in [0.717, 1.165) is 6.07 Å². The van der Waals surface area contributed by atoms with Gasteiger partial charge in [0.2, 0.25) is 5.95 Å². The first-order valence-corrected chi connectivity index (χ1v) is 10.7. The Morgan fingerprint density at radius 2 is 1.85 bits per heavy atom. The number of nitrogens with zero attached hydrogens (tertiary/aromatic N) is 4. The average molecular weight is 513 g/mol.